The fourth-order valence-electron chi connectivity index (χ4n) is 3.17. The van der Waals surface area contributed by atoms with Gasteiger partial charge < -0.3 is 19.9 Å². The number of ether oxygens (including phenoxy) is 1. The maximum atomic E-state index is 12.0. The first-order chi connectivity index (χ1) is 9.56. The summed E-state index contributed by atoms with van der Waals surface area (Å²) in [5.41, 5.74) is 0.0935. The summed E-state index contributed by atoms with van der Waals surface area (Å²) in [6.07, 6.45) is 4.61. The summed E-state index contributed by atoms with van der Waals surface area (Å²) in [5.74, 6) is -0.0731. The van der Waals surface area contributed by atoms with Crippen LogP contribution in [0.3, 0.4) is 0 Å². The van der Waals surface area contributed by atoms with E-state index in [-0.39, 0.29) is 23.9 Å². The van der Waals surface area contributed by atoms with Gasteiger partial charge >= 0.3 is 6.03 Å². The third kappa shape index (κ3) is 3.42. The van der Waals surface area contributed by atoms with Crippen molar-refractivity contribution < 1.29 is 14.3 Å². The molecule has 0 aromatic carbocycles. The zero-order chi connectivity index (χ0) is 14.6. The Balaban J connectivity index is 1.78. The van der Waals surface area contributed by atoms with Gasteiger partial charge in [-0.05, 0) is 12.8 Å². The molecule has 2 rings (SSSR count). The summed E-state index contributed by atoms with van der Waals surface area (Å²) in [5, 5.41) is 2.98. The molecule has 1 aliphatic heterocycles. The minimum absolute atomic E-state index is 0.0624. The van der Waals surface area contributed by atoms with Gasteiger partial charge in [0, 0.05) is 39.2 Å². The maximum Gasteiger partial charge on any atom is 0.320 e. The smallest absolute Gasteiger partial charge is 0.320 e. The standard InChI is InChI=1S/C14H25N3O3/c1-16-7-8-17(13(16)19)9-12(18)15-10-14(11-20-2)5-3-4-6-14/h3-11H2,1-2H3,(H,15,18). The molecule has 1 aliphatic carbocycles. The molecule has 0 spiro atoms. The topological polar surface area (TPSA) is 61.9 Å². The third-order valence-corrected chi connectivity index (χ3v) is 4.41. The maximum absolute atomic E-state index is 12.0. The van der Waals surface area contributed by atoms with Gasteiger partial charge in [0.1, 0.15) is 6.54 Å². The fraction of sp³-hybridized carbons (Fsp3) is 0.857. The van der Waals surface area contributed by atoms with Crippen LogP contribution in [0.25, 0.3) is 0 Å². The molecule has 0 bridgehead atoms. The third-order valence-electron chi connectivity index (χ3n) is 4.41. The molecular formula is C14H25N3O3. The van der Waals surface area contributed by atoms with E-state index in [1.54, 1.807) is 24.0 Å². The number of hydrogen-bond acceptors (Lipinski definition) is 3. The summed E-state index contributed by atoms with van der Waals surface area (Å²) in [4.78, 5) is 26.9. The summed E-state index contributed by atoms with van der Waals surface area (Å²) in [6, 6.07) is -0.0624. The normalized spacial score (nSPS) is 21.6. The molecule has 0 radical (unpaired) electrons. The molecule has 0 atom stereocenters. The van der Waals surface area contributed by atoms with Crippen LogP contribution in [0.5, 0.6) is 0 Å². The van der Waals surface area contributed by atoms with Gasteiger partial charge in [0.2, 0.25) is 5.91 Å². The first kappa shape index (κ1) is 15.1. The minimum Gasteiger partial charge on any atom is -0.384 e. The van der Waals surface area contributed by atoms with Crippen LogP contribution >= 0.6 is 0 Å². The van der Waals surface area contributed by atoms with Crippen molar-refractivity contribution in [2.75, 3.05) is 46.9 Å². The van der Waals surface area contributed by atoms with E-state index in [2.05, 4.69) is 5.32 Å². The number of nitrogens with one attached hydrogen (secondary N) is 1. The van der Waals surface area contributed by atoms with Crippen molar-refractivity contribution in [2.24, 2.45) is 5.41 Å². The van der Waals surface area contributed by atoms with Crippen LogP contribution in [0.4, 0.5) is 4.79 Å². The molecule has 1 heterocycles. The Morgan fingerprint density at radius 1 is 1.35 bits per heavy atom. The van der Waals surface area contributed by atoms with Gasteiger partial charge in [-0.1, -0.05) is 12.8 Å². The zero-order valence-corrected chi connectivity index (χ0v) is 12.5. The van der Waals surface area contributed by atoms with Crippen LogP contribution < -0.4 is 5.32 Å². The lowest BCUT2D eigenvalue weighted by molar-refractivity contribution is -0.122. The van der Waals surface area contributed by atoms with Gasteiger partial charge in [-0.2, -0.15) is 0 Å². The second kappa shape index (κ2) is 6.43. The van der Waals surface area contributed by atoms with Crippen LogP contribution in [0.15, 0.2) is 0 Å². The number of carbonyl (C=O) groups excluding carboxylic acids is 2. The summed E-state index contributed by atoms with van der Waals surface area (Å²) in [7, 11) is 3.47. The Kier molecular flexibility index (Phi) is 4.86. The summed E-state index contributed by atoms with van der Waals surface area (Å²) < 4.78 is 5.30. The summed E-state index contributed by atoms with van der Waals surface area (Å²) in [6.45, 7) is 2.83. The van der Waals surface area contributed by atoms with E-state index >= 15 is 0 Å². The summed E-state index contributed by atoms with van der Waals surface area (Å²) >= 11 is 0. The molecule has 114 valence electrons. The highest BCUT2D eigenvalue weighted by Gasteiger charge is 2.34. The van der Waals surface area contributed by atoms with Crippen LogP contribution in [-0.2, 0) is 9.53 Å². The SMILES string of the molecule is COCC1(CNC(=O)CN2CCN(C)C2=O)CCCC1. The highest BCUT2D eigenvalue weighted by atomic mass is 16.5. The number of carbonyl (C=O) groups is 2. The predicted octanol–water partition coefficient (Wildman–Crippen LogP) is 0.677. The van der Waals surface area contributed by atoms with Crippen molar-refractivity contribution in [1.82, 2.24) is 15.1 Å². The van der Waals surface area contributed by atoms with Gasteiger partial charge in [0.25, 0.3) is 0 Å². The highest BCUT2D eigenvalue weighted by Crippen LogP contribution is 2.37. The highest BCUT2D eigenvalue weighted by molar-refractivity contribution is 5.84. The molecule has 6 nitrogen and oxygen atoms in total. The van der Waals surface area contributed by atoms with Crippen molar-refractivity contribution in [2.45, 2.75) is 25.7 Å². The first-order valence-corrected chi connectivity index (χ1v) is 7.32. The van der Waals surface area contributed by atoms with Gasteiger partial charge in [-0.3, -0.25) is 4.79 Å². The molecular weight excluding hydrogens is 258 g/mol. The Morgan fingerprint density at radius 2 is 2.05 bits per heavy atom. The van der Waals surface area contributed by atoms with Crippen molar-refractivity contribution in [3.05, 3.63) is 0 Å². The average molecular weight is 283 g/mol. The number of nitrogens with zero attached hydrogens (tertiary/aromatic N) is 2. The number of methoxy groups -OCH3 is 1. The Morgan fingerprint density at radius 3 is 2.60 bits per heavy atom. The van der Waals surface area contributed by atoms with Crippen LogP contribution in [0, 0.1) is 5.41 Å². The molecule has 2 fully saturated rings. The molecule has 2 aliphatic rings. The Hall–Kier alpha value is -1.30. The van der Waals surface area contributed by atoms with E-state index in [0.29, 0.717) is 26.2 Å². The van der Waals surface area contributed by atoms with Gasteiger partial charge in [0.15, 0.2) is 0 Å². The van der Waals surface area contributed by atoms with Crippen molar-refractivity contribution in [3.8, 4) is 0 Å². The molecule has 20 heavy (non-hydrogen) atoms. The van der Waals surface area contributed by atoms with Crippen LogP contribution in [-0.4, -0.2) is 68.7 Å². The number of urea groups is 1. The second-order valence-electron chi connectivity index (χ2n) is 6.04. The van der Waals surface area contributed by atoms with Gasteiger partial charge in [-0.15, -0.1) is 0 Å². The van der Waals surface area contributed by atoms with Crippen molar-refractivity contribution >= 4 is 11.9 Å². The molecule has 1 saturated heterocycles. The second-order valence-corrected chi connectivity index (χ2v) is 6.04. The van der Waals surface area contributed by atoms with Crippen molar-refractivity contribution in [3.63, 3.8) is 0 Å². The van der Waals surface area contributed by atoms with Crippen LogP contribution in [0.2, 0.25) is 0 Å². The number of rotatable bonds is 6. The number of likely N-dealkylation sites (N-methyl/N-ethyl adjacent to an activating group) is 1. The zero-order valence-electron chi connectivity index (χ0n) is 12.5. The monoisotopic (exact) mass is 283 g/mol. The minimum atomic E-state index is -0.0731. The van der Waals surface area contributed by atoms with Crippen LogP contribution in [0.1, 0.15) is 25.7 Å². The molecule has 1 saturated carbocycles. The predicted molar refractivity (Wildman–Crippen MR) is 75.4 cm³/mol. The molecule has 6 heteroatoms. The fourth-order valence-corrected chi connectivity index (χ4v) is 3.17. The number of amides is 3. The van der Waals surface area contributed by atoms with E-state index in [4.69, 9.17) is 4.74 Å². The quantitative estimate of drug-likeness (QED) is 0.779. The molecule has 3 amide bonds. The van der Waals surface area contributed by atoms with Gasteiger partial charge in [0.05, 0.1) is 6.61 Å². The lowest BCUT2D eigenvalue weighted by atomic mass is 9.87. The molecule has 0 unspecified atom stereocenters. The van der Waals surface area contributed by atoms with E-state index in [9.17, 15) is 9.59 Å². The van der Waals surface area contributed by atoms with E-state index < -0.39 is 0 Å². The molecule has 1 N–H and O–H groups in total. The van der Waals surface area contributed by atoms with Gasteiger partial charge in [-0.25, -0.2) is 4.79 Å². The first-order valence-electron chi connectivity index (χ1n) is 7.32. The Bertz CT molecular complexity index is 367. The van der Waals surface area contributed by atoms with E-state index in [1.165, 1.54) is 12.8 Å². The van der Waals surface area contributed by atoms with E-state index in [0.717, 1.165) is 12.8 Å². The van der Waals surface area contributed by atoms with E-state index in [1.807, 2.05) is 0 Å². The Labute approximate surface area is 120 Å². The largest absolute Gasteiger partial charge is 0.384 e. The lowest BCUT2D eigenvalue weighted by Crippen LogP contribution is -2.44. The lowest BCUT2D eigenvalue weighted by Gasteiger charge is -2.28. The average Bonchev–Trinajstić information content (AvgIpc) is 3.00. The molecule has 0 aromatic rings. The number of hydrogen-bond donors (Lipinski definition) is 1. The van der Waals surface area contributed by atoms with Crippen molar-refractivity contribution in [1.29, 1.82) is 0 Å². The molecule has 0 aromatic heterocycles.